The Morgan fingerprint density at radius 2 is 2.08 bits per heavy atom. The Morgan fingerprint density at radius 1 is 1.17 bits per heavy atom. The van der Waals surface area contributed by atoms with Gasteiger partial charge in [-0.1, -0.05) is 18.2 Å². The van der Waals surface area contributed by atoms with Crippen LogP contribution in [0.15, 0.2) is 66.3 Å². The number of nitrogens with one attached hydrogen (secondary N) is 2. The van der Waals surface area contributed by atoms with E-state index in [9.17, 15) is 4.79 Å². The largest absolute Gasteiger partial charge is 0.319 e. The number of nitrogens with zero attached hydrogens (tertiary/aromatic N) is 3. The van der Waals surface area contributed by atoms with Crippen molar-refractivity contribution in [3.8, 4) is 16.3 Å². The molecule has 1 amide bonds. The summed E-state index contributed by atoms with van der Waals surface area (Å²) >= 11 is 1.59. The van der Waals surface area contributed by atoms with Crippen LogP contribution >= 0.6 is 11.3 Å². The highest BCUT2D eigenvalue weighted by Gasteiger charge is 2.14. The van der Waals surface area contributed by atoms with Crippen LogP contribution in [0.25, 0.3) is 16.3 Å². The molecule has 0 atom stereocenters. The molecule has 0 bridgehead atoms. The Balaban J connectivity index is 1.59. The first-order valence-corrected chi connectivity index (χ1v) is 8.19. The zero-order valence-electron chi connectivity index (χ0n) is 12.5. The number of anilines is 1. The van der Waals surface area contributed by atoms with Gasteiger partial charge in [-0.3, -0.25) is 9.89 Å². The zero-order chi connectivity index (χ0) is 16.4. The first-order valence-electron chi connectivity index (χ1n) is 7.31. The molecule has 0 spiro atoms. The van der Waals surface area contributed by atoms with E-state index in [0.29, 0.717) is 11.4 Å². The van der Waals surface area contributed by atoms with Crippen molar-refractivity contribution in [3.63, 3.8) is 0 Å². The van der Waals surface area contributed by atoms with Crippen molar-refractivity contribution in [3.05, 3.63) is 72.0 Å². The minimum absolute atomic E-state index is 0.270. The Bertz CT molecular complexity index is 957. The molecular weight excluding hydrogens is 322 g/mol. The molecule has 24 heavy (non-hydrogen) atoms. The van der Waals surface area contributed by atoms with Crippen LogP contribution < -0.4 is 5.32 Å². The second kappa shape index (κ2) is 6.13. The van der Waals surface area contributed by atoms with E-state index in [1.54, 1.807) is 28.3 Å². The first-order chi connectivity index (χ1) is 11.8. The third-order valence-electron chi connectivity index (χ3n) is 3.50. The van der Waals surface area contributed by atoms with E-state index in [1.807, 2.05) is 54.0 Å². The lowest BCUT2D eigenvalue weighted by atomic mass is 10.2. The number of aromatic amines is 1. The Labute approximate surface area is 141 Å². The molecule has 2 N–H and O–H groups in total. The van der Waals surface area contributed by atoms with Crippen LogP contribution in [0, 0.1) is 0 Å². The number of benzene rings is 1. The van der Waals surface area contributed by atoms with E-state index in [-0.39, 0.29) is 5.91 Å². The maximum Gasteiger partial charge on any atom is 0.276 e. The Hall–Kier alpha value is -3.19. The summed E-state index contributed by atoms with van der Waals surface area (Å²) in [4.78, 5) is 13.5. The lowest BCUT2D eigenvalue weighted by molar-refractivity contribution is 0.102. The van der Waals surface area contributed by atoms with E-state index in [1.165, 1.54) is 0 Å². The normalized spacial score (nSPS) is 10.7. The summed E-state index contributed by atoms with van der Waals surface area (Å²) in [5, 5.41) is 16.1. The third-order valence-corrected chi connectivity index (χ3v) is 4.40. The molecule has 6 nitrogen and oxygen atoms in total. The molecule has 0 aliphatic rings. The molecule has 0 unspecified atom stereocenters. The van der Waals surface area contributed by atoms with E-state index in [2.05, 4.69) is 20.6 Å². The number of rotatable bonds is 4. The summed E-state index contributed by atoms with van der Waals surface area (Å²) in [6.07, 6.45) is 3.52. The highest BCUT2D eigenvalue weighted by atomic mass is 32.1. The lowest BCUT2D eigenvalue weighted by Crippen LogP contribution is -2.14. The molecule has 0 aliphatic heterocycles. The average molecular weight is 335 g/mol. The number of para-hydroxylation sites is 2. The number of carbonyl (C=O) groups excluding carboxylic acids is 1. The van der Waals surface area contributed by atoms with Crippen molar-refractivity contribution in [2.75, 3.05) is 5.32 Å². The highest BCUT2D eigenvalue weighted by molar-refractivity contribution is 7.13. The van der Waals surface area contributed by atoms with Gasteiger partial charge in [0.05, 0.1) is 21.9 Å². The van der Waals surface area contributed by atoms with Gasteiger partial charge in [-0.15, -0.1) is 11.3 Å². The molecule has 0 radical (unpaired) electrons. The minimum Gasteiger partial charge on any atom is -0.319 e. The van der Waals surface area contributed by atoms with Crippen molar-refractivity contribution in [2.24, 2.45) is 0 Å². The van der Waals surface area contributed by atoms with Crippen molar-refractivity contribution < 1.29 is 4.79 Å². The fourth-order valence-corrected chi connectivity index (χ4v) is 3.07. The van der Waals surface area contributed by atoms with Crippen molar-refractivity contribution in [2.45, 2.75) is 0 Å². The number of hydrogen-bond donors (Lipinski definition) is 2. The zero-order valence-corrected chi connectivity index (χ0v) is 13.3. The predicted octanol–water partition coefficient (Wildman–Crippen LogP) is 3.58. The predicted molar refractivity (Wildman–Crippen MR) is 93.4 cm³/mol. The van der Waals surface area contributed by atoms with Gasteiger partial charge in [0.1, 0.15) is 0 Å². The quantitative estimate of drug-likeness (QED) is 0.598. The van der Waals surface area contributed by atoms with Crippen LogP contribution in [-0.2, 0) is 0 Å². The molecule has 0 fully saturated rings. The van der Waals surface area contributed by atoms with E-state index < -0.39 is 0 Å². The molecule has 118 valence electrons. The molecule has 7 heteroatoms. The summed E-state index contributed by atoms with van der Waals surface area (Å²) in [6.45, 7) is 0. The fraction of sp³-hybridized carbons (Fsp3) is 0. The molecule has 0 saturated heterocycles. The molecule has 3 aromatic heterocycles. The summed E-state index contributed by atoms with van der Waals surface area (Å²) < 4.78 is 1.71. The van der Waals surface area contributed by atoms with Crippen molar-refractivity contribution in [1.82, 2.24) is 20.0 Å². The highest BCUT2D eigenvalue weighted by Crippen LogP contribution is 2.24. The molecule has 1 aromatic carbocycles. The van der Waals surface area contributed by atoms with Gasteiger partial charge in [0.2, 0.25) is 0 Å². The van der Waals surface area contributed by atoms with Crippen LogP contribution in [0.1, 0.15) is 10.5 Å². The molecule has 3 heterocycles. The monoisotopic (exact) mass is 335 g/mol. The number of aromatic nitrogens is 4. The van der Waals surface area contributed by atoms with Gasteiger partial charge >= 0.3 is 0 Å². The van der Waals surface area contributed by atoms with Crippen LogP contribution in [-0.4, -0.2) is 25.9 Å². The first kappa shape index (κ1) is 14.4. The molecule has 4 aromatic rings. The summed E-state index contributed by atoms with van der Waals surface area (Å²) in [7, 11) is 0. The number of carbonyl (C=O) groups is 1. The molecular formula is C17H13N5OS. The van der Waals surface area contributed by atoms with Gasteiger partial charge < -0.3 is 5.32 Å². The summed E-state index contributed by atoms with van der Waals surface area (Å²) in [5.41, 5.74) is 2.64. The standard InChI is InChI=1S/C17H13N5OS/c23-17(14-11-13(20-21-14)16-7-3-10-24-16)19-12-5-1-2-6-15(12)22-9-4-8-18-22/h1-11H,(H,19,23)(H,20,21). The van der Waals surface area contributed by atoms with E-state index in [4.69, 9.17) is 0 Å². The Kier molecular flexibility index (Phi) is 3.68. The van der Waals surface area contributed by atoms with Crippen LogP contribution in [0.4, 0.5) is 5.69 Å². The van der Waals surface area contributed by atoms with Crippen molar-refractivity contribution in [1.29, 1.82) is 0 Å². The second-order valence-electron chi connectivity index (χ2n) is 5.07. The second-order valence-corrected chi connectivity index (χ2v) is 6.01. The van der Waals surface area contributed by atoms with Crippen LogP contribution in [0.5, 0.6) is 0 Å². The average Bonchev–Trinajstić information content (AvgIpc) is 3.35. The van der Waals surface area contributed by atoms with Gasteiger partial charge in [-0.2, -0.15) is 10.2 Å². The maximum atomic E-state index is 12.5. The molecule has 0 saturated carbocycles. The number of hydrogen-bond acceptors (Lipinski definition) is 4. The SMILES string of the molecule is O=C(Nc1ccccc1-n1cccn1)c1cc(-c2cccs2)[nH]n1. The number of H-pyrrole nitrogens is 1. The van der Waals surface area contributed by atoms with Gasteiger partial charge in [-0.05, 0) is 35.7 Å². The summed E-state index contributed by atoms with van der Waals surface area (Å²) in [6, 6.07) is 15.0. The number of thiophene rings is 1. The fourth-order valence-electron chi connectivity index (χ4n) is 2.37. The summed E-state index contributed by atoms with van der Waals surface area (Å²) in [5.74, 6) is -0.270. The van der Waals surface area contributed by atoms with Gasteiger partial charge in [-0.25, -0.2) is 4.68 Å². The van der Waals surface area contributed by atoms with Crippen LogP contribution in [0.3, 0.4) is 0 Å². The minimum atomic E-state index is -0.270. The van der Waals surface area contributed by atoms with Gasteiger partial charge in [0.15, 0.2) is 5.69 Å². The van der Waals surface area contributed by atoms with Crippen LogP contribution in [0.2, 0.25) is 0 Å². The Morgan fingerprint density at radius 3 is 2.88 bits per heavy atom. The van der Waals surface area contributed by atoms with Gasteiger partial charge in [0, 0.05) is 12.4 Å². The van der Waals surface area contributed by atoms with Gasteiger partial charge in [0.25, 0.3) is 5.91 Å². The topological polar surface area (TPSA) is 75.6 Å². The number of amides is 1. The smallest absolute Gasteiger partial charge is 0.276 e. The van der Waals surface area contributed by atoms with Crippen molar-refractivity contribution >= 4 is 22.9 Å². The maximum absolute atomic E-state index is 12.5. The van der Waals surface area contributed by atoms with E-state index >= 15 is 0 Å². The third kappa shape index (κ3) is 2.72. The lowest BCUT2D eigenvalue weighted by Gasteiger charge is -2.09. The molecule has 0 aliphatic carbocycles. The van der Waals surface area contributed by atoms with E-state index in [0.717, 1.165) is 16.3 Å². The molecule has 4 rings (SSSR count).